The molecule has 0 aliphatic heterocycles. The van der Waals surface area contributed by atoms with Crippen LogP contribution in [-0.4, -0.2) is 79.2 Å². The number of hydrogen-bond donors (Lipinski definition) is 3. The number of carboxylic acid groups (broad SMARTS) is 2. The van der Waals surface area contributed by atoms with E-state index in [0.717, 1.165) is 36.6 Å². The highest BCUT2D eigenvalue weighted by molar-refractivity contribution is 6.27. The number of nitrogens with zero attached hydrogens (tertiary/aromatic N) is 1. The molecule has 1 aliphatic carbocycles. The van der Waals surface area contributed by atoms with Gasteiger partial charge in [-0.1, -0.05) is 37.1 Å². The van der Waals surface area contributed by atoms with Gasteiger partial charge < -0.3 is 34.4 Å². The summed E-state index contributed by atoms with van der Waals surface area (Å²) in [6.45, 7) is 1.75. The molecule has 192 valence electrons. The number of methoxy groups -OCH3 is 2. The van der Waals surface area contributed by atoms with Crippen molar-refractivity contribution in [1.29, 1.82) is 0 Å². The van der Waals surface area contributed by atoms with E-state index in [2.05, 4.69) is 24.1 Å². The summed E-state index contributed by atoms with van der Waals surface area (Å²) in [5.41, 5.74) is 1.36. The molecule has 1 fully saturated rings. The van der Waals surface area contributed by atoms with Crippen molar-refractivity contribution >= 4 is 11.9 Å². The molecule has 3 rings (SSSR count). The zero-order chi connectivity index (χ0) is 25.8. The highest BCUT2D eigenvalue weighted by Gasteiger charge is 2.37. The van der Waals surface area contributed by atoms with E-state index in [9.17, 15) is 5.11 Å². The molecular weight excluding hydrogens is 454 g/mol. The first-order chi connectivity index (χ1) is 16.7. The van der Waals surface area contributed by atoms with Crippen molar-refractivity contribution < 1.29 is 39.1 Å². The van der Waals surface area contributed by atoms with Crippen LogP contribution in [0.4, 0.5) is 0 Å². The highest BCUT2D eigenvalue weighted by Crippen LogP contribution is 2.44. The Labute approximate surface area is 205 Å². The van der Waals surface area contributed by atoms with Crippen molar-refractivity contribution in [2.45, 2.75) is 37.2 Å². The number of carbonyl (C=O) groups is 2. The maximum absolute atomic E-state index is 10.5. The second-order valence-corrected chi connectivity index (χ2v) is 8.64. The van der Waals surface area contributed by atoms with Gasteiger partial charge in [0.1, 0.15) is 18.5 Å². The van der Waals surface area contributed by atoms with E-state index >= 15 is 0 Å². The Hall–Kier alpha value is -3.30. The number of aliphatic hydroxyl groups excluding tert-OH is 1. The molecule has 1 atom stereocenters. The topological polar surface area (TPSA) is 126 Å². The number of carboxylic acids is 2. The second kappa shape index (κ2) is 13.6. The fraction of sp³-hybridized carbons (Fsp3) is 0.462. The molecule has 2 aromatic rings. The van der Waals surface area contributed by atoms with Gasteiger partial charge in [-0.3, -0.25) is 0 Å². The summed E-state index contributed by atoms with van der Waals surface area (Å²) in [5.74, 6) is -1.33. The molecule has 9 heteroatoms. The molecule has 1 aliphatic rings. The minimum absolute atomic E-state index is 0.0777. The number of para-hydroxylation sites is 1. The third-order valence-corrected chi connectivity index (χ3v) is 6.02. The van der Waals surface area contributed by atoms with E-state index in [1.165, 1.54) is 18.4 Å². The first kappa shape index (κ1) is 27.9. The van der Waals surface area contributed by atoms with E-state index in [4.69, 9.17) is 34.0 Å². The molecule has 35 heavy (non-hydrogen) atoms. The average Bonchev–Trinajstić information content (AvgIpc) is 3.32. The lowest BCUT2D eigenvalue weighted by Crippen LogP contribution is -2.41. The van der Waals surface area contributed by atoms with Gasteiger partial charge in [-0.2, -0.15) is 0 Å². The van der Waals surface area contributed by atoms with Gasteiger partial charge in [0.05, 0.1) is 14.2 Å². The van der Waals surface area contributed by atoms with Crippen LogP contribution in [0.1, 0.15) is 31.2 Å². The minimum atomic E-state index is -1.82. The Bertz CT molecular complexity index is 932. The van der Waals surface area contributed by atoms with Crippen LogP contribution in [0, 0.1) is 0 Å². The number of ether oxygens (including phenoxy) is 3. The van der Waals surface area contributed by atoms with Crippen molar-refractivity contribution in [2.24, 2.45) is 0 Å². The van der Waals surface area contributed by atoms with Crippen LogP contribution < -0.4 is 14.2 Å². The largest absolute Gasteiger partial charge is 0.493 e. The molecule has 0 saturated heterocycles. The predicted molar refractivity (Wildman–Crippen MR) is 130 cm³/mol. The summed E-state index contributed by atoms with van der Waals surface area (Å²) >= 11 is 0. The maximum atomic E-state index is 10.5. The Morgan fingerprint density at radius 1 is 0.971 bits per heavy atom. The van der Waals surface area contributed by atoms with Gasteiger partial charge in [0.2, 0.25) is 0 Å². The molecule has 9 nitrogen and oxygen atoms in total. The van der Waals surface area contributed by atoms with Gasteiger partial charge in [-0.15, -0.1) is 0 Å². The highest BCUT2D eigenvalue weighted by atomic mass is 16.5. The van der Waals surface area contributed by atoms with Crippen LogP contribution in [-0.2, 0) is 15.0 Å². The first-order valence-electron chi connectivity index (χ1n) is 11.4. The van der Waals surface area contributed by atoms with Crippen molar-refractivity contribution in [2.75, 3.05) is 41.0 Å². The lowest BCUT2D eigenvalue weighted by atomic mass is 9.78. The molecular formula is C26H35NO8. The summed E-state index contributed by atoms with van der Waals surface area (Å²) in [6, 6.07) is 15.9. The molecule has 2 aromatic carbocycles. The molecule has 0 heterocycles. The maximum Gasteiger partial charge on any atom is 0.414 e. The lowest BCUT2D eigenvalue weighted by molar-refractivity contribution is -0.159. The molecule has 0 amide bonds. The molecule has 0 radical (unpaired) electrons. The fourth-order valence-corrected chi connectivity index (χ4v) is 4.46. The summed E-state index contributed by atoms with van der Waals surface area (Å²) in [5, 5.41) is 25.2. The fourth-order valence-electron chi connectivity index (χ4n) is 4.46. The van der Waals surface area contributed by atoms with Crippen LogP contribution >= 0.6 is 0 Å². The molecule has 1 unspecified atom stereocenters. The number of rotatable bonds is 10. The SMILES string of the molecule is COc1ccc(C2(CN(C)CC(O)COc3ccccc3)CCCC2)cc1OC.O=C(O)C(=O)O. The van der Waals surface area contributed by atoms with Gasteiger partial charge >= 0.3 is 11.9 Å². The van der Waals surface area contributed by atoms with Crippen molar-refractivity contribution in [3.8, 4) is 17.2 Å². The van der Waals surface area contributed by atoms with Crippen LogP contribution in [0.2, 0.25) is 0 Å². The van der Waals surface area contributed by atoms with E-state index in [0.29, 0.717) is 6.54 Å². The van der Waals surface area contributed by atoms with Gasteiger partial charge in [0.25, 0.3) is 0 Å². The third kappa shape index (κ3) is 8.45. The zero-order valence-electron chi connectivity index (χ0n) is 20.5. The quantitative estimate of drug-likeness (QED) is 0.432. The lowest BCUT2D eigenvalue weighted by Gasteiger charge is -2.35. The molecule has 1 saturated carbocycles. The van der Waals surface area contributed by atoms with Crippen molar-refractivity contribution in [3.63, 3.8) is 0 Å². The average molecular weight is 490 g/mol. The summed E-state index contributed by atoms with van der Waals surface area (Å²) in [7, 11) is 5.42. The van der Waals surface area contributed by atoms with Gasteiger partial charge in [-0.05, 0) is 49.7 Å². The van der Waals surface area contributed by atoms with Gasteiger partial charge in [-0.25, -0.2) is 9.59 Å². The number of hydrogen-bond acceptors (Lipinski definition) is 7. The van der Waals surface area contributed by atoms with E-state index < -0.39 is 18.0 Å². The zero-order valence-corrected chi connectivity index (χ0v) is 20.5. The molecule has 3 N–H and O–H groups in total. The van der Waals surface area contributed by atoms with Gasteiger partial charge in [0.15, 0.2) is 11.5 Å². The number of aliphatic hydroxyl groups is 1. The Morgan fingerprint density at radius 3 is 2.11 bits per heavy atom. The summed E-state index contributed by atoms with van der Waals surface area (Å²) < 4.78 is 16.6. The Morgan fingerprint density at radius 2 is 1.57 bits per heavy atom. The minimum Gasteiger partial charge on any atom is -0.493 e. The standard InChI is InChI=1S/C24H33NO4.C2H2O4/c1-25(16-20(26)17-29-21-9-5-4-6-10-21)18-24(13-7-8-14-24)19-11-12-22(27-2)23(15-19)28-3;3-1(4)2(5)6/h4-6,9-12,15,20,26H,7-8,13-14,16-18H2,1-3H3;(H,3,4)(H,5,6). The predicted octanol–water partition coefficient (Wildman–Crippen LogP) is 3.04. The van der Waals surface area contributed by atoms with Crippen LogP contribution in [0.25, 0.3) is 0 Å². The van der Waals surface area contributed by atoms with E-state index in [-0.39, 0.29) is 12.0 Å². The second-order valence-electron chi connectivity index (χ2n) is 8.64. The molecule has 0 aromatic heterocycles. The van der Waals surface area contributed by atoms with Gasteiger partial charge in [0, 0.05) is 18.5 Å². The summed E-state index contributed by atoms with van der Waals surface area (Å²) in [4.78, 5) is 20.4. The Balaban J connectivity index is 0.000000641. The molecule has 0 spiro atoms. The Kier molecular flexibility index (Phi) is 10.8. The monoisotopic (exact) mass is 489 g/mol. The van der Waals surface area contributed by atoms with Crippen LogP contribution in [0.15, 0.2) is 48.5 Å². The number of aliphatic carboxylic acids is 2. The van der Waals surface area contributed by atoms with Crippen molar-refractivity contribution in [3.05, 3.63) is 54.1 Å². The first-order valence-corrected chi connectivity index (χ1v) is 11.4. The van der Waals surface area contributed by atoms with Crippen LogP contribution in [0.3, 0.4) is 0 Å². The van der Waals surface area contributed by atoms with Crippen LogP contribution in [0.5, 0.6) is 17.2 Å². The summed E-state index contributed by atoms with van der Waals surface area (Å²) in [6.07, 6.45) is 4.19. The third-order valence-electron chi connectivity index (χ3n) is 6.02. The molecule has 0 bridgehead atoms. The normalized spacial score (nSPS) is 15.0. The van der Waals surface area contributed by atoms with Crippen molar-refractivity contribution in [1.82, 2.24) is 4.90 Å². The number of likely N-dealkylation sites (N-methyl/N-ethyl adjacent to an activating group) is 1. The van der Waals surface area contributed by atoms with E-state index in [1.807, 2.05) is 36.4 Å². The smallest absolute Gasteiger partial charge is 0.414 e. The van der Waals surface area contributed by atoms with E-state index in [1.54, 1.807) is 14.2 Å². The number of benzene rings is 2.